The van der Waals surface area contributed by atoms with E-state index in [0.29, 0.717) is 57.2 Å². The predicted octanol–water partition coefficient (Wildman–Crippen LogP) is 5.84. The molecule has 0 spiro atoms. The van der Waals surface area contributed by atoms with Gasteiger partial charge in [0.2, 0.25) is 17.7 Å². The van der Waals surface area contributed by atoms with Gasteiger partial charge in [-0.1, -0.05) is 29.8 Å². The molecule has 4 aliphatic rings. The molecule has 1 aliphatic heterocycles. The number of carbonyl (C=O) groups is 4. The van der Waals surface area contributed by atoms with Gasteiger partial charge in [-0.15, -0.1) is 0 Å². The molecule has 8 rings (SSSR count). The number of allylic oxidation sites excluding steroid dienone is 6. The highest BCUT2D eigenvalue weighted by Gasteiger charge is 2.56. The van der Waals surface area contributed by atoms with E-state index in [1.54, 1.807) is 43.3 Å². The molecule has 1 saturated heterocycles. The SMILES string of the molecule is COc1ccc([C@H]2C3=CC[C@@H]4C(=O)N(c5ccc(-c6nc7ccccc7o6)cc5)C(=O)[C@@H]4[C@@H]3CC3=C2C(=O)C=C(C)C3=O)c(O)c1. The number of Topliss-reactive ketones (excluding diaryl/α,β-unsaturated/α-hetero) is 1. The zero-order valence-corrected chi connectivity index (χ0v) is 25.0. The van der Waals surface area contributed by atoms with E-state index in [4.69, 9.17) is 9.15 Å². The van der Waals surface area contributed by atoms with E-state index in [9.17, 15) is 24.3 Å². The molecule has 46 heavy (non-hydrogen) atoms. The molecule has 4 aromatic rings. The first-order valence-electron chi connectivity index (χ1n) is 15.2. The maximum Gasteiger partial charge on any atom is 0.238 e. The van der Waals surface area contributed by atoms with Crippen molar-refractivity contribution < 1.29 is 33.4 Å². The minimum Gasteiger partial charge on any atom is -0.507 e. The number of aromatic hydroxyl groups is 1. The lowest BCUT2D eigenvalue weighted by Gasteiger charge is -2.42. The molecule has 3 aliphatic carbocycles. The Morgan fingerprint density at radius 2 is 1.74 bits per heavy atom. The molecule has 1 N–H and O–H groups in total. The predicted molar refractivity (Wildman–Crippen MR) is 168 cm³/mol. The number of oxazole rings is 1. The Kier molecular flexibility index (Phi) is 6.22. The number of ketones is 2. The third-order valence-corrected chi connectivity index (χ3v) is 9.78. The third-order valence-electron chi connectivity index (χ3n) is 9.78. The number of phenols is 1. The van der Waals surface area contributed by atoms with Crippen LogP contribution in [0.3, 0.4) is 0 Å². The number of ether oxygens (including phenoxy) is 1. The number of hydrogen-bond acceptors (Lipinski definition) is 8. The van der Waals surface area contributed by atoms with Crippen molar-refractivity contribution in [3.63, 3.8) is 0 Å². The lowest BCUT2D eigenvalue weighted by atomic mass is 9.59. The second-order valence-corrected chi connectivity index (χ2v) is 12.2. The van der Waals surface area contributed by atoms with Gasteiger partial charge in [0.1, 0.15) is 17.0 Å². The number of benzene rings is 3. The fourth-order valence-electron chi connectivity index (χ4n) is 7.64. The van der Waals surface area contributed by atoms with Crippen LogP contribution in [0.25, 0.3) is 22.6 Å². The van der Waals surface area contributed by atoms with Gasteiger partial charge in [0.25, 0.3) is 0 Å². The average Bonchev–Trinajstić information content (AvgIpc) is 3.61. The first-order valence-corrected chi connectivity index (χ1v) is 15.2. The van der Waals surface area contributed by atoms with Gasteiger partial charge in [-0.25, -0.2) is 4.98 Å². The number of aromatic nitrogens is 1. The summed E-state index contributed by atoms with van der Waals surface area (Å²) in [4.78, 5) is 60.9. The summed E-state index contributed by atoms with van der Waals surface area (Å²) in [5.41, 5.74) is 4.74. The number of imide groups is 1. The van der Waals surface area contributed by atoms with Crippen LogP contribution in [0.2, 0.25) is 0 Å². The van der Waals surface area contributed by atoms with Gasteiger partial charge in [0.05, 0.1) is 24.6 Å². The van der Waals surface area contributed by atoms with Crippen molar-refractivity contribution in [2.75, 3.05) is 12.0 Å². The molecular formula is C37H28N2O7. The molecule has 1 fully saturated rings. The molecule has 9 heteroatoms. The van der Waals surface area contributed by atoms with E-state index in [2.05, 4.69) is 4.98 Å². The summed E-state index contributed by atoms with van der Waals surface area (Å²) in [6.07, 6.45) is 3.73. The second kappa shape index (κ2) is 10.2. The summed E-state index contributed by atoms with van der Waals surface area (Å²) in [5.74, 6) is -2.98. The third kappa shape index (κ3) is 4.04. The van der Waals surface area contributed by atoms with E-state index >= 15 is 0 Å². The van der Waals surface area contributed by atoms with Crippen LogP contribution in [-0.2, 0) is 19.2 Å². The molecule has 228 valence electrons. The lowest BCUT2D eigenvalue weighted by molar-refractivity contribution is -0.123. The molecule has 4 atom stereocenters. The number of rotatable bonds is 4. The minimum atomic E-state index is -0.742. The molecule has 0 unspecified atom stereocenters. The maximum absolute atomic E-state index is 14.2. The van der Waals surface area contributed by atoms with Gasteiger partial charge < -0.3 is 14.3 Å². The van der Waals surface area contributed by atoms with E-state index in [-0.39, 0.29) is 35.6 Å². The summed E-state index contributed by atoms with van der Waals surface area (Å²) in [7, 11) is 1.49. The van der Waals surface area contributed by atoms with Crippen molar-refractivity contribution in [1.82, 2.24) is 4.98 Å². The van der Waals surface area contributed by atoms with Gasteiger partial charge in [0.15, 0.2) is 17.1 Å². The topological polar surface area (TPSA) is 127 Å². The van der Waals surface area contributed by atoms with Gasteiger partial charge in [-0.05, 0) is 74.2 Å². The number of methoxy groups -OCH3 is 1. The van der Waals surface area contributed by atoms with Crippen molar-refractivity contribution in [3.05, 3.63) is 107 Å². The molecule has 3 aromatic carbocycles. The van der Waals surface area contributed by atoms with Crippen LogP contribution in [0, 0.1) is 17.8 Å². The number of phenolic OH excluding ortho intramolecular Hbond substituents is 1. The van der Waals surface area contributed by atoms with Crippen molar-refractivity contribution in [2.24, 2.45) is 17.8 Å². The summed E-state index contributed by atoms with van der Waals surface area (Å²) >= 11 is 0. The molecule has 2 amide bonds. The van der Waals surface area contributed by atoms with Crippen LogP contribution in [-0.4, -0.2) is 40.6 Å². The number of hydrogen-bond donors (Lipinski definition) is 1. The molecule has 1 aromatic heterocycles. The van der Waals surface area contributed by atoms with Crippen molar-refractivity contribution >= 4 is 40.2 Å². The summed E-state index contributed by atoms with van der Waals surface area (Å²) < 4.78 is 11.2. The molecule has 0 bridgehead atoms. The highest BCUT2D eigenvalue weighted by atomic mass is 16.5. The molecular weight excluding hydrogens is 584 g/mol. The summed E-state index contributed by atoms with van der Waals surface area (Å²) in [6, 6.07) is 19.3. The standard InChI is InChI=1S/C37H28N2O7/c1-18-15-29(41)33-26(34(18)42)17-25-22(31(33)23-12-11-21(45-2)16-28(23)40)13-14-24-32(25)37(44)39(36(24)43)20-9-7-19(8-10-20)35-38-27-5-3-4-6-30(27)46-35/h3-13,15-16,24-25,31-32,40H,14,17H2,1-2H3/t24-,25+,31+,32-/m0/s1. The van der Waals surface area contributed by atoms with Crippen LogP contribution in [0.1, 0.15) is 31.2 Å². The highest BCUT2D eigenvalue weighted by Crippen LogP contribution is 2.56. The normalized spacial score (nSPS) is 24.1. The van der Waals surface area contributed by atoms with Gasteiger partial charge in [-0.2, -0.15) is 0 Å². The number of nitrogens with zero attached hydrogens (tertiary/aromatic N) is 2. The Hall–Kier alpha value is -5.57. The van der Waals surface area contributed by atoms with Crippen LogP contribution in [0.5, 0.6) is 11.5 Å². The number of anilines is 1. The van der Waals surface area contributed by atoms with Crippen molar-refractivity contribution in [2.45, 2.75) is 25.7 Å². The second-order valence-electron chi connectivity index (χ2n) is 12.2. The maximum atomic E-state index is 14.2. The number of amides is 2. The quantitative estimate of drug-likeness (QED) is 0.173. The Morgan fingerprint density at radius 1 is 0.957 bits per heavy atom. The first-order chi connectivity index (χ1) is 22.2. The molecule has 0 saturated carbocycles. The molecule has 2 heterocycles. The average molecular weight is 613 g/mol. The van der Waals surface area contributed by atoms with Crippen molar-refractivity contribution in [1.29, 1.82) is 0 Å². The number of carbonyl (C=O) groups excluding carboxylic acids is 4. The number of para-hydroxylation sites is 2. The fraction of sp³-hybridized carbons (Fsp3) is 0.216. The highest BCUT2D eigenvalue weighted by molar-refractivity contribution is 6.25. The van der Waals surface area contributed by atoms with E-state index in [0.717, 1.165) is 11.1 Å². The molecule has 0 radical (unpaired) electrons. The Bertz CT molecular complexity index is 2080. The first kappa shape index (κ1) is 27.9. The summed E-state index contributed by atoms with van der Waals surface area (Å²) in [6.45, 7) is 1.61. The smallest absolute Gasteiger partial charge is 0.238 e. The monoisotopic (exact) mass is 612 g/mol. The van der Waals surface area contributed by atoms with E-state index < -0.39 is 23.7 Å². The largest absolute Gasteiger partial charge is 0.507 e. The zero-order chi connectivity index (χ0) is 31.9. The van der Waals surface area contributed by atoms with Crippen LogP contribution < -0.4 is 9.64 Å². The van der Waals surface area contributed by atoms with E-state index in [1.165, 1.54) is 24.2 Å². The van der Waals surface area contributed by atoms with Crippen LogP contribution >= 0.6 is 0 Å². The Morgan fingerprint density at radius 3 is 2.48 bits per heavy atom. The molecule has 9 nitrogen and oxygen atoms in total. The minimum absolute atomic E-state index is 0.0825. The number of fused-ring (bicyclic) bond motifs is 4. The van der Waals surface area contributed by atoms with Gasteiger partial charge >= 0.3 is 0 Å². The fourth-order valence-corrected chi connectivity index (χ4v) is 7.64. The van der Waals surface area contributed by atoms with Crippen LogP contribution in [0.4, 0.5) is 5.69 Å². The summed E-state index contributed by atoms with van der Waals surface area (Å²) in [5, 5.41) is 11.1. The van der Waals surface area contributed by atoms with Crippen molar-refractivity contribution in [3.8, 4) is 23.0 Å². The van der Waals surface area contributed by atoms with Gasteiger partial charge in [-0.3, -0.25) is 24.1 Å². The van der Waals surface area contributed by atoms with Crippen LogP contribution in [0.15, 0.2) is 106 Å². The Balaban J connectivity index is 1.17. The van der Waals surface area contributed by atoms with E-state index in [1.807, 2.05) is 30.3 Å². The zero-order valence-electron chi connectivity index (χ0n) is 25.0. The lowest BCUT2D eigenvalue weighted by Crippen LogP contribution is -2.39. The Labute approximate surface area is 263 Å². The van der Waals surface area contributed by atoms with Gasteiger partial charge in [0, 0.05) is 39.8 Å².